The minimum absolute atomic E-state index is 0. The van der Waals surface area contributed by atoms with Crippen LogP contribution in [0, 0.1) is 0 Å². The Kier molecular flexibility index (Phi) is 19.3. The Morgan fingerprint density at radius 2 is 1.17 bits per heavy atom. The average molecular weight is 288 g/mol. The van der Waals surface area contributed by atoms with Crippen molar-refractivity contribution in [3.8, 4) is 0 Å². The number of phosphoric acid groups is 1. The smallest absolute Gasteiger partial charge is 0.396 e. The van der Waals surface area contributed by atoms with E-state index in [-0.39, 0.29) is 25.5 Å². The van der Waals surface area contributed by atoms with E-state index >= 15 is 0 Å². The molecular weight excluding hydrogens is 259 g/mol. The third kappa shape index (κ3) is 21.3. The maximum absolute atomic E-state index is 10.3. The van der Waals surface area contributed by atoms with Crippen molar-refractivity contribution >= 4 is 7.82 Å². The lowest BCUT2D eigenvalue weighted by molar-refractivity contribution is 0.193. The second-order valence-electron chi connectivity index (χ2n) is 3.88. The fraction of sp³-hybridized carbons (Fsp3) is 1.00. The van der Waals surface area contributed by atoms with Crippen LogP contribution in [0.5, 0.6) is 0 Å². The molecule has 0 spiro atoms. The Morgan fingerprint density at radius 1 is 0.778 bits per heavy atom. The van der Waals surface area contributed by atoms with E-state index in [0.29, 0.717) is 6.42 Å². The minimum Gasteiger partial charge on any atom is -0.396 e. The van der Waals surface area contributed by atoms with Gasteiger partial charge in [0.2, 0.25) is 0 Å². The molecule has 114 valence electrons. The van der Waals surface area contributed by atoms with Gasteiger partial charge >= 0.3 is 7.82 Å². The number of hydrogen-bond acceptors (Lipinski definition) is 5. The fourth-order valence-corrected chi connectivity index (χ4v) is 1.82. The Bertz CT molecular complexity index is 201. The summed E-state index contributed by atoms with van der Waals surface area (Å²) in [5.74, 6) is 0. The first kappa shape index (κ1) is 23.1. The van der Waals surface area contributed by atoms with Gasteiger partial charge in [-0.1, -0.05) is 38.5 Å². The number of hydrogen-bond donors (Lipinski definition) is 5. The van der Waals surface area contributed by atoms with Crippen molar-refractivity contribution in [1.29, 1.82) is 0 Å². The molecule has 0 radical (unpaired) electrons. The molecule has 0 fully saturated rings. The van der Waals surface area contributed by atoms with Crippen molar-refractivity contribution in [2.45, 2.75) is 51.4 Å². The van der Waals surface area contributed by atoms with Gasteiger partial charge in [0.25, 0.3) is 0 Å². The summed E-state index contributed by atoms with van der Waals surface area (Å²) in [6, 6.07) is 0. The quantitative estimate of drug-likeness (QED) is 0.288. The normalized spacial score (nSPS) is 10.6. The molecule has 0 unspecified atom stereocenters. The molecular formula is C10H29N2O5P. The highest BCUT2D eigenvalue weighted by Crippen LogP contribution is 2.35. The van der Waals surface area contributed by atoms with E-state index < -0.39 is 7.82 Å². The second-order valence-corrected chi connectivity index (χ2v) is 5.12. The summed E-state index contributed by atoms with van der Waals surface area (Å²) >= 11 is 0. The van der Waals surface area contributed by atoms with E-state index in [1.54, 1.807) is 0 Å². The molecule has 0 saturated carbocycles. The molecule has 0 bridgehead atoms. The highest BCUT2D eigenvalue weighted by molar-refractivity contribution is 7.46. The maximum Gasteiger partial charge on any atom is 0.469 e. The van der Waals surface area contributed by atoms with Crippen LogP contribution < -0.4 is 12.3 Å². The number of aliphatic hydroxyl groups excluding tert-OH is 1. The van der Waals surface area contributed by atoms with Gasteiger partial charge in [-0.15, -0.1) is 0 Å². The summed E-state index contributed by atoms with van der Waals surface area (Å²) in [4.78, 5) is 16.8. The topological polar surface area (TPSA) is 157 Å². The van der Waals surface area contributed by atoms with E-state index in [1.807, 2.05) is 0 Å². The van der Waals surface area contributed by atoms with Gasteiger partial charge in [0, 0.05) is 6.61 Å². The average Bonchev–Trinajstić information content (AvgIpc) is 2.19. The molecule has 0 amide bonds. The van der Waals surface area contributed by atoms with Gasteiger partial charge in [0.1, 0.15) is 0 Å². The summed E-state index contributed by atoms with van der Waals surface area (Å²) in [7, 11) is -4.26. The summed E-state index contributed by atoms with van der Waals surface area (Å²) in [5, 5.41) is 8.55. The SMILES string of the molecule is N.N.O=P(O)(O)OCCCCCCCCCCO. The van der Waals surface area contributed by atoms with Crippen LogP contribution in [0.15, 0.2) is 0 Å². The molecule has 0 aliphatic carbocycles. The predicted octanol–water partition coefficient (Wildman–Crippen LogP) is 2.53. The lowest BCUT2D eigenvalue weighted by Gasteiger charge is -2.04. The van der Waals surface area contributed by atoms with Crippen molar-refractivity contribution in [3.05, 3.63) is 0 Å². The largest absolute Gasteiger partial charge is 0.469 e. The molecule has 0 aromatic rings. The molecule has 0 aliphatic heterocycles. The molecule has 0 saturated heterocycles. The van der Waals surface area contributed by atoms with Gasteiger partial charge in [-0.2, -0.15) is 0 Å². The summed E-state index contributed by atoms with van der Waals surface area (Å²) < 4.78 is 14.6. The van der Waals surface area contributed by atoms with Crippen LogP contribution in [0.4, 0.5) is 0 Å². The lowest BCUT2D eigenvalue weighted by atomic mass is 10.1. The lowest BCUT2D eigenvalue weighted by Crippen LogP contribution is -1.92. The second kappa shape index (κ2) is 15.0. The highest BCUT2D eigenvalue weighted by Gasteiger charge is 2.12. The Balaban J connectivity index is -0.00000112. The number of phosphoric ester groups is 1. The third-order valence-corrected chi connectivity index (χ3v) is 2.83. The van der Waals surface area contributed by atoms with Gasteiger partial charge in [-0.05, 0) is 12.8 Å². The molecule has 7 nitrogen and oxygen atoms in total. The first-order valence-corrected chi connectivity index (χ1v) is 7.40. The van der Waals surface area contributed by atoms with E-state index in [4.69, 9.17) is 14.9 Å². The Hall–Kier alpha value is -0.0100. The molecule has 0 atom stereocenters. The summed E-state index contributed by atoms with van der Waals surface area (Å²) in [6.45, 7) is 0.411. The molecule has 0 aromatic heterocycles. The van der Waals surface area contributed by atoms with Crippen molar-refractivity contribution in [3.63, 3.8) is 0 Å². The van der Waals surface area contributed by atoms with E-state index in [0.717, 1.165) is 38.5 Å². The van der Waals surface area contributed by atoms with Crippen molar-refractivity contribution in [1.82, 2.24) is 12.3 Å². The molecule has 0 aliphatic rings. The van der Waals surface area contributed by atoms with Crippen LogP contribution in [0.1, 0.15) is 51.4 Å². The van der Waals surface area contributed by atoms with Gasteiger partial charge in [-0.3, -0.25) is 4.52 Å². The van der Waals surface area contributed by atoms with Crippen LogP contribution in [0.25, 0.3) is 0 Å². The molecule has 18 heavy (non-hydrogen) atoms. The van der Waals surface area contributed by atoms with Crippen LogP contribution in [0.3, 0.4) is 0 Å². The van der Waals surface area contributed by atoms with Crippen LogP contribution in [-0.4, -0.2) is 28.1 Å². The maximum atomic E-state index is 10.3. The first-order chi connectivity index (χ1) is 7.56. The van der Waals surface area contributed by atoms with Crippen LogP contribution in [0.2, 0.25) is 0 Å². The minimum atomic E-state index is -4.26. The van der Waals surface area contributed by atoms with Crippen molar-refractivity contribution < 1.29 is 24.0 Å². The zero-order valence-electron chi connectivity index (χ0n) is 11.1. The van der Waals surface area contributed by atoms with Gasteiger partial charge in [0.05, 0.1) is 6.61 Å². The van der Waals surface area contributed by atoms with Gasteiger partial charge < -0.3 is 27.2 Å². The van der Waals surface area contributed by atoms with E-state index in [2.05, 4.69) is 4.52 Å². The van der Waals surface area contributed by atoms with Crippen LogP contribution in [-0.2, 0) is 9.09 Å². The number of unbranched alkanes of at least 4 members (excludes halogenated alkanes) is 7. The van der Waals surface area contributed by atoms with E-state index in [1.165, 1.54) is 6.42 Å². The fourth-order valence-electron chi connectivity index (χ4n) is 1.46. The zero-order chi connectivity index (χ0) is 12.3. The summed E-state index contributed by atoms with van der Waals surface area (Å²) in [6.07, 6.45) is 8.14. The summed E-state index contributed by atoms with van der Waals surface area (Å²) in [5.41, 5.74) is 0. The van der Waals surface area contributed by atoms with Crippen molar-refractivity contribution in [2.24, 2.45) is 0 Å². The third-order valence-electron chi connectivity index (χ3n) is 2.31. The van der Waals surface area contributed by atoms with Crippen LogP contribution >= 0.6 is 7.82 Å². The molecule has 0 rings (SSSR count). The predicted molar refractivity (Wildman–Crippen MR) is 72.1 cm³/mol. The molecule has 8 heteroatoms. The molecule has 9 N–H and O–H groups in total. The highest BCUT2D eigenvalue weighted by atomic mass is 31.2. The number of rotatable bonds is 11. The van der Waals surface area contributed by atoms with Gasteiger partial charge in [0.15, 0.2) is 0 Å². The molecule has 0 aromatic carbocycles. The van der Waals surface area contributed by atoms with E-state index in [9.17, 15) is 4.57 Å². The van der Waals surface area contributed by atoms with Crippen molar-refractivity contribution in [2.75, 3.05) is 13.2 Å². The zero-order valence-corrected chi connectivity index (χ0v) is 12.0. The number of aliphatic hydroxyl groups is 1. The first-order valence-electron chi connectivity index (χ1n) is 5.87. The Morgan fingerprint density at radius 3 is 1.56 bits per heavy atom. The molecule has 0 heterocycles. The standard InChI is InChI=1S/C10H23O5P.2H3N/c11-9-7-5-3-1-2-4-6-8-10-15-16(12,13)14;;/h11H,1-10H2,(H2,12,13,14);2*1H3. The Labute approximate surface area is 109 Å². The monoisotopic (exact) mass is 288 g/mol. The van der Waals surface area contributed by atoms with Gasteiger partial charge in [-0.25, -0.2) is 4.57 Å².